The van der Waals surface area contributed by atoms with Crippen molar-refractivity contribution >= 4 is 35.2 Å². The van der Waals surface area contributed by atoms with Gasteiger partial charge in [-0.3, -0.25) is 29.5 Å². The predicted molar refractivity (Wildman–Crippen MR) is 117 cm³/mol. The van der Waals surface area contributed by atoms with Crippen molar-refractivity contribution in [2.24, 2.45) is 16.9 Å². The average Bonchev–Trinajstić information content (AvgIpc) is 3.31. The van der Waals surface area contributed by atoms with E-state index in [1.807, 2.05) is 0 Å². The molecule has 0 unspecified atom stereocenters. The first kappa shape index (κ1) is 20.6. The lowest BCUT2D eigenvalue weighted by Crippen LogP contribution is -2.46. The Morgan fingerprint density at radius 1 is 1.03 bits per heavy atom. The highest BCUT2D eigenvalue weighted by Crippen LogP contribution is 2.46. The second-order valence-electron chi connectivity index (χ2n) is 7.89. The van der Waals surface area contributed by atoms with Crippen molar-refractivity contribution < 1.29 is 24.0 Å². The number of carbonyl (C=O) groups is 3. The number of ether oxygens (including phenoxy) is 1. The van der Waals surface area contributed by atoms with E-state index in [4.69, 9.17) is 4.74 Å². The number of methoxy groups -OCH3 is 1. The Labute approximate surface area is 187 Å². The number of ketones is 1. The van der Waals surface area contributed by atoms with Gasteiger partial charge in [0.25, 0.3) is 5.69 Å². The third kappa shape index (κ3) is 3.10. The molecular weight excluding hydrogens is 428 g/mol. The van der Waals surface area contributed by atoms with Gasteiger partial charge >= 0.3 is 0 Å². The predicted octanol–water partition coefficient (Wildman–Crippen LogP) is 2.20. The summed E-state index contributed by atoms with van der Waals surface area (Å²) in [6, 6.07) is 10.2. The zero-order valence-corrected chi connectivity index (χ0v) is 17.4. The van der Waals surface area contributed by atoms with E-state index in [0.717, 1.165) is 4.90 Å². The highest BCUT2D eigenvalue weighted by atomic mass is 16.6. The van der Waals surface area contributed by atoms with Crippen LogP contribution < -0.4 is 9.64 Å². The molecule has 10 heteroatoms. The number of nitro benzene ring substituents is 1. The molecule has 2 aromatic rings. The normalized spacial score (nSPS) is 25.2. The van der Waals surface area contributed by atoms with Crippen LogP contribution in [0.2, 0.25) is 0 Å². The van der Waals surface area contributed by atoms with E-state index in [9.17, 15) is 24.5 Å². The van der Waals surface area contributed by atoms with Gasteiger partial charge < -0.3 is 4.74 Å². The van der Waals surface area contributed by atoms with Gasteiger partial charge in [-0.15, -0.1) is 0 Å². The number of hydrogen-bond acceptors (Lipinski definition) is 8. The molecule has 0 spiro atoms. The summed E-state index contributed by atoms with van der Waals surface area (Å²) in [6.45, 7) is 0. The van der Waals surface area contributed by atoms with Crippen molar-refractivity contribution in [1.29, 1.82) is 0 Å². The number of anilines is 1. The maximum Gasteiger partial charge on any atom is 0.269 e. The summed E-state index contributed by atoms with van der Waals surface area (Å²) < 4.78 is 5.15. The number of amides is 2. The van der Waals surface area contributed by atoms with Crippen molar-refractivity contribution in [3.8, 4) is 5.75 Å². The van der Waals surface area contributed by atoms with Crippen LogP contribution in [-0.2, 0) is 9.59 Å². The molecule has 166 valence electrons. The number of imide groups is 1. The molecule has 4 atom stereocenters. The third-order valence-electron chi connectivity index (χ3n) is 6.25. The fourth-order valence-electron chi connectivity index (χ4n) is 4.74. The summed E-state index contributed by atoms with van der Waals surface area (Å²) in [5.41, 5.74) is 0.454. The van der Waals surface area contributed by atoms with Crippen molar-refractivity contribution in [2.75, 3.05) is 12.0 Å². The zero-order chi connectivity index (χ0) is 23.3. The van der Waals surface area contributed by atoms with Gasteiger partial charge in [0, 0.05) is 23.9 Å². The molecule has 2 saturated heterocycles. The van der Waals surface area contributed by atoms with Gasteiger partial charge in [0.2, 0.25) is 11.8 Å². The molecule has 10 nitrogen and oxygen atoms in total. The third-order valence-corrected chi connectivity index (χ3v) is 6.25. The molecule has 0 aromatic heterocycles. The Hall–Kier alpha value is -4.34. The van der Waals surface area contributed by atoms with Crippen LogP contribution in [-0.4, -0.2) is 52.9 Å². The van der Waals surface area contributed by atoms with Crippen LogP contribution in [0, 0.1) is 22.0 Å². The van der Waals surface area contributed by atoms with Crippen molar-refractivity contribution in [2.45, 2.75) is 12.1 Å². The van der Waals surface area contributed by atoms with E-state index in [1.165, 1.54) is 42.6 Å². The molecule has 0 aliphatic carbocycles. The van der Waals surface area contributed by atoms with Gasteiger partial charge in [-0.2, -0.15) is 5.10 Å². The number of hydrogen-bond donors (Lipinski definition) is 0. The van der Waals surface area contributed by atoms with Gasteiger partial charge in [-0.25, -0.2) is 4.90 Å². The number of Topliss-reactive ketones (excluding diaryl/α,β-unsaturated/α-hetero) is 1. The summed E-state index contributed by atoms with van der Waals surface area (Å²) in [5.74, 6) is -2.46. The summed E-state index contributed by atoms with van der Waals surface area (Å²) in [6.07, 6.45) is 4.97. The van der Waals surface area contributed by atoms with Crippen molar-refractivity contribution in [3.63, 3.8) is 0 Å². The quantitative estimate of drug-likeness (QED) is 0.299. The minimum Gasteiger partial charge on any atom is -0.497 e. The lowest BCUT2D eigenvalue weighted by atomic mass is 9.86. The molecule has 2 aromatic carbocycles. The number of benzene rings is 2. The molecule has 2 amide bonds. The first-order valence-electron chi connectivity index (χ1n) is 10.2. The maximum atomic E-state index is 13.5. The summed E-state index contributed by atoms with van der Waals surface area (Å²) in [7, 11) is 1.52. The monoisotopic (exact) mass is 446 g/mol. The number of non-ortho nitro benzene ring substituents is 1. The molecule has 0 saturated carbocycles. The van der Waals surface area contributed by atoms with Crippen LogP contribution in [0.1, 0.15) is 10.4 Å². The number of rotatable bonds is 5. The SMILES string of the molecule is COc1ccc(C(=O)[C@H]2[C@@H]3C(=O)N(c4ccc([N+](=O)[O-])cc4)C(=O)[C@@H]3[C@H]3C=CC=NN32)cc1. The molecular formula is C23H18N4O6. The molecule has 2 fully saturated rings. The number of fused-ring (bicyclic) bond motifs is 3. The van der Waals surface area contributed by atoms with E-state index in [2.05, 4.69) is 5.10 Å². The summed E-state index contributed by atoms with van der Waals surface area (Å²) in [5, 5.41) is 16.8. The van der Waals surface area contributed by atoms with E-state index >= 15 is 0 Å². The van der Waals surface area contributed by atoms with Crippen molar-refractivity contribution in [1.82, 2.24) is 5.01 Å². The van der Waals surface area contributed by atoms with Gasteiger partial charge in [0.1, 0.15) is 11.8 Å². The molecule has 33 heavy (non-hydrogen) atoms. The number of nitro groups is 1. The Kier molecular flexibility index (Phi) is 4.77. The van der Waals surface area contributed by atoms with Crippen LogP contribution in [0.4, 0.5) is 11.4 Å². The van der Waals surface area contributed by atoms with Crippen molar-refractivity contribution in [3.05, 3.63) is 76.4 Å². The average molecular weight is 446 g/mol. The van der Waals surface area contributed by atoms with E-state index in [1.54, 1.807) is 36.4 Å². The highest BCUT2D eigenvalue weighted by Gasteiger charge is 2.64. The van der Waals surface area contributed by atoms with Crippen LogP contribution >= 0.6 is 0 Å². The van der Waals surface area contributed by atoms with E-state index in [0.29, 0.717) is 11.3 Å². The molecule has 5 rings (SSSR count). The standard InChI is InChI=1S/C23H18N4O6/c1-33-16-10-4-13(5-11-16)21(28)20-19-18(17-3-2-12-24-26(17)20)22(29)25(23(19)30)14-6-8-15(9-7-14)27(31)32/h2-12,17-20H,1H3/t17-,18-,19-,20-/m1/s1. The number of carbonyl (C=O) groups excluding carboxylic acids is 3. The molecule has 3 aliphatic heterocycles. The zero-order valence-electron chi connectivity index (χ0n) is 17.4. The van der Waals surface area contributed by atoms with E-state index < -0.39 is 40.7 Å². The van der Waals surface area contributed by atoms with Gasteiger partial charge in [-0.05, 0) is 42.5 Å². The Morgan fingerprint density at radius 3 is 2.33 bits per heavy atom. The topological polar surface area (TPSA) is 122 Å². The fourth-order valence-corrected chi connectivity index (χ4v) is 4.74. The van der Waals surface area contributed by atoms with Gasteiger partial charge in [0.15, 0.2) is 5.78 Å². The minimum atomic E-state index is -0.964. The second-order valence-corrected chi connectivity index (χ2v) is 7.89. The first-order chi connectivity index (χ1) is 15.9. The molecule has 3 heterocycles. The Bertz CT molecular complexity index is 1220. The lowest BCUT2D eigenvalue weighted by molar-refractivity contribution is -0.384. The Morgan fingerprint density at radius 2 is 1.70 bits per heavy atom. The van der Waals surface area contributed by atoms with Crippen LogP contribution in [0.25, 0.3) is 0 Å². The minimum absolute atomic E-state index is 0.152. The first-order valence-corrected chi connectivity index (χ1v) is 10.2. The summed E-state index contributed by atoms with van der Waals surface area (Å²) in [4.78, 5) is 51.8. The maximum absolute atomic E-state index is 13.5. The summed E-state index contributed by atoms with van der Waals surface area (Å²) >= 11 is 0. The fraction of sp³-hybridized carbons (Fsp3) is 0.217. The molecule has 3 aliphatic rings. The number of hydrazone groups is 1. The van der Waals surface area contributed by atoms with Crippen LogP contribution in [0.15, 0.2) is 65.8 Å². The number of nitrogens with zero attached hydrogens (tertiary/aromatic N) is 4. The smallest absolute Gasteiger partial charge is 0.269 e. The highest BCUT2D eigenvalue weighted by molar-refractivity contribution is 6.24. The lowest BCUT2D eigenvalue weighted by Gasteiger charge is -2.30. The van der Waals surface area contributed by atoms with Crippen LogP contribution in [0.3, 0.4) is 0 Å². The van der Waals surface area contributed by atoms with Gasteiger partial charge in [-0.1, -0.05) is 6.08 Å². The molecule has 0 bridgehead atoms. The largest absolute Gasteiger partial charge is 0.497 e. The van der Waals surface area contributed by atoms with Gasteiger partial charge in [0.05, 0.1) is 35.6 Å². The Balaban J connectivity index is 1.53. The van der Waals surface area contributed by atoms with Crippen LogP contribution in [0.5, 0.6) is 5.75 Å². The molecule has 0 N–H and O–H groups in total. The van der Waals surface area contributed by atoms with E-state index in [-0.39, 0.29) is 17.2 Å². The molecule has 0 radical (unpaired) electrons. The number of allylic oxidation sites excluding steroid dienone is 1. The second kappa shape index (κ2) is 7.66.